The Hall–Kier alpha value is -0.650. The molecule has 0 bridgehead atoms. The molecule has 0 aromatic carbocycles. The van der Waals surface area contributed by atoms with Gasteiger partial charge < -0.3 is 15.0 Å². The second kappa shape index (κ2) is 6.33. The maximum absolute atomic E-state index is 5.57. The molecule has 96 valence electrons. The summed E-state index contributed by atoms with van der Waals surface area (Å²) >= 11 is 1.73. The Kier molecular flexibility index (Phi) is 4.76. The van der Waals surface area contributed by atoms with Gasteiger partial charge in [0.05, 0.1) is 24.9 Å². The summed E-state index contributed by atoms with van der Waals surface area (Å²) in [6, 6.07) is 0.417. The molecule has 2 rings (SSSR count). The first-order chi connectivity index (χ1) is 8.31. The van der Waals surface area contributed by atoms with Gasteiger partial charge in [0.15, 0.2) is 5.13 Å². The van der Waals surface area contributed by atoms with Crippen LogP contribution in [0.15, 0.2) is 5.38 Å². The first-order valence-corrected chi connectivity index (χ1v) is 7.16. The Morgan fingerprint density at radius 1 is 1.65 bits per heavy atom. The van der Waals surface area contributed by atoms with Crippen molar-refractivity contribution in [1.82, 2.24) is 10.3 Å². The van der Waals surface area contributed by atoms with E-state index in [0.29, 0.717) is 6.04 Å². The van der Waals surface area contributed by atoms with Gasteiger partial charge in [0.25, 0.3) is 0 Å². The number of nitrogens with zero attached hydrogens (tertiary/aromatic N) is 2. The number of thiazole rings is 1. The SMILES string of the molecule is CCCNCC1COCCN1c1nc(C)cs1. The quantitative estimate of drug-likeness (QED) is 0.812. The van der Waals surface area contributed by atoms with E-state index in [0.717, 1.165) is 43.7 Å². The van der Waals surface area contributed by atoms with E-state index < -0.39 is 0 Å². The molecule has 0 spiro atoms. The third kappa shape index (κ3) is 3.40. The minimum absolute atomic E-state index is 0.417. The fourth-order valence-corrected chi connectivity index (χ4v) is 2.90. The molecule has 1 saturated heterocycles. The molecule has 0 radical (unpaired) electrons. The summed E-state index contributed by atoms with van der Waals surface area (Å²) in [5.41, 5.74) is 1.11. The predicted octanol–water partition coefficient (Wildman–Crippen LogP) is 1.66. The molecule has 1 N–H and O–H groups in total. The topological polar surface area (TPSA) is 37.4 Å². The molecule has 0 aliphatic carbocycles. The molecule has 1 aliphatic heterocycles. The lowest BCUT2D eigenvalue weighted by Gasteiger charge is -2.35. The minimum atomic E-state index is 0.417. The van der Waals surface area contributed by atoms with Crippen LogP contribution >= 0.6 is 11.3 Å². The summed E-state index contributed by atoms with van der Waals surface area (Å²) in [5, 5.41) is 6.71. The zero-order chi connectivity index (χ0) is 12.1. The minimum Gasteiger partial charge on any atom is -0.377 e. The number of hydrogen-bond donors (Lipinski definition) is 1. The van der Waals surface area contributed by atoms with Crippen LogP contribution in [0.1, 0.15) is 19.0 Å². The van der Waals surface area contributed by atoms with Gasteiger partial charge >= 0.3 is 0 Å². The van der Waals surface area contributed by atoms with Crippen LogP contribution in [0.5, 0.6) is 0 Å². The lowest BCUT2D eigenvalue weighted by Crippen LogP contribution is -2.50. The number of aryl methyl sites for hydroxylation is 1. The highest BCUT2D eigenvalue weighted by molar-refractivity contribution is 7.13. The average molecular weight is 255 g/mol. The van der Waals surface area contributed by atoms with Crippen molar-refractivity contribution < 1.29 is 4.74 Å². The Morgan fingerprint density at radius 3 is 3.24 bits per heavy atom. The second-order valence-corrected chi connectivity index (χ2v) is 5.23. The van der Waals surface area contributed by atoms with Crippen molar-refractivity contribution in [1.29, 1.82) is 0 Å². The molecule has 0 saturated carbocycles. The molecule has 1 aromatic heterocycles. The summed E-state index contributed by atoms with van der Waals surface area (Å²) < 4.78 is 5.57. The third-order valence-corrected chi connectivity index (χ3v) is 3.88. The van der Waals surface area contributed by atoms with Crippen LogP contribution in [0.2, 0.25) is 0 Å². The zero-order valence-electron chi connectivity index (χ0n) is 10.6. The number of ether oxygens (including phenoxy) is 1. The van der Waals surface area contributed by atoms with E-state index in [1.807, 2.05) is 6.92 Å². The van der Waals surface area contributed by atoms with Crippen LogP contribution < -0.4 is 10.2 Å². The standard InChI is InChI=1S/C12H21N3OS/c1-3-4-13-7-11-8-16-6-5-15(11)12-14-10(2)9-17-12/h9,11,13H,3-8H2,1-2H3. The number of nitrogens with one attached hydrogen (secondary N) is 1. The van der Waals surface area contributed by atoms with Gasteiger partial charge in [0, 0.05) is 18.5 Å². The van der Waals surface area contributed by atoms with E-state index in [1.54, 1.807) is 11.3 Å². The van der Waals surface area contributed by atoms with Crippen molar-refractivity contribution >= 4 is 16.5 Å². The van der Waals surface area contributed by atoms with E-state index in [9.17, 15) is 0 Å². The highest BCUT2D eigenvalue weighted by atomic mass is 32.1. The average Bonchev–Trinajstić information content (AvgIpc) is 2.77. The highest BCUT2D eigenvalue weighted by Gasteiger charge is 2.24. The van der Waals surface area contributed by atoms with E-state index in [2.05, 4.69) is 27.5 Å². The fraction of sp³-hybridized carbons (Fsp3) is 0.750. The van der Waals surface area contributed by atoms with E-state index in [-0.39, 0.29) is 0 Å². The van der Waals surface area contributed by atoms with Gasteiger partial charge in [-0.3, -0.25) is 0 Å². The lowest BCUT2D eigenvalue weighted by molar-refractivity contribution is 0.0938. The van der Waals surface area contributed by atoms with Gasteiger partial charge in [0.2, 0.25) is 0 Å². The summed E-state index contributed by atoms with van der Waals surface area (Å²) in [7, 11) is 0. The van der Waals surface area contributed by atoms with Crippen LogP contribution in [-0.2, 0) is 4.74 Å². The van der Waals surface area contributed by atoms with E-state index >= 15 is 0 Å². The van der Waals surface area contributed by atoms with E-state index in [4.69, 9.17) is 4.74 Å². The molecule has 1 unspecified atom stereocenters. The van der Waals surface area contributed by atoms with Crippen molar-refractivity contribution in [3.05, 3.63) is 11.1 Å². The van der Waals surface area contributed by atoms with E-state index in [1.165, 1.54) is 6.42 Å². The smallest absolute Gasteiger partial charge is 0.185 e. The first-order valence-electron chi connectivity index (χ1n) is 6.28. The van der Waals surface area contributed by atoms with Gasteiger partial charge in [-0.2, -0.15) is 0 Å². The van der Waals surface area contributed by atoms with Crippen LogP contribution in [0.3, 0.4) is 0 Å². The van der Waals surface area contributed by atoms with Crippen molar-refractivity contribution in [2.24, 2.45) is 0 Å². The summed E-state index contributed by atoms with van der Waals surface area (Å²) in [6.07, 6.45) is 1.17. The van der Waals surface area contributed by atoms with Crippen molar-refractivity contribution in [2.45, 2.75) is 26.3 Å². The molecule has 1 fully saturated rings. The first kappa shape index (κ1) is 12.8. The molecular weight excluding hydrogens is 234 g/mol. The van der Waals surface area contributed by atoms with Gasteiger partial charge in [-0.1, -0.05) is 6.92 Å². The molecule has 4 nitrogen and oxygen atoms in total. The number of morpholine rings is 1. The van der Waals surface area contributed by atoms with Crippen LogP contribution in [0.25, 0.3) is 0 Å². The maximum atomic E-state index is 5.57. The molecule has 2 heterocycles. The predicted molar refractivity (Wildman–Crippen MR) is 72.0 cm³/mol. The Balaban J connectivity index is 1.96. The summed E-state index contributed by atoms with van der Waals surface area (Å²) in [6.45, 7) is 8.84. The van der Waals surface area contributed by atoms with Gasteiger partial charge in [-0.05, 0) is 19.9 Å². The van der Waals surface area contributed by atoms with Crippen LogP contribution in [0.4, 0.5) is 5.13 Å². The molecule has 0 amide bonds. The molecule has 1 aromatic rings. The number of anilines is 1. The Labute approximate surface area is 107 Å². The Bertz CT molecular complexity index is 342. The molecule has 1 aliphatic rings. The summed E-state index contributed by atoms with van der Waals surface area (Å²) in [4.78, 5) is 6.95. The molecule has 17 heavy (non-hydrogen) atoms. The van der Waals surface area contributed by atoms with Crippen molar-refractivity contribution in [3.63, 3.8) is 0 Å². The monoisotopic (exact) mass is 255 g/mol. The van der Waals surface area contributed by atoms with Crippen LogP contribution in [0, 0.1) is 6.92 Å². The normalized spacial score (nSPS) is 20.8. The van der Waals surface area contributed by atoms with Gasteiger partial charge in [0.1, 0.15) is 0 Å². The second-order valence-electron chi connectivity index (χ2n) is 4.40. The zero-order valence-corrected chi connectivity index (χ0v) is 11.4. The third-order valence-electron chi connectivity index (χ3n) is 2.89. The molecule has 5 heteroatoms. The largest absolute Gasteiger partial charge is 0.377 e. The number of hydrogen-bond acceptors (Lipinski definition) is 5. The van der Waals surface area contributed by atoms with Crippen molar-refractivity contribution in [3.8, 4) is 0 Å². The van der Waals surface area contributed by atoms with Gasteiger partial charge in [-0.15, -0.1) is 11.3 Å². The molecular formula is C12H21N3OS. The van der Waals surface area contributed by atoms with Crippen LogP contribution in [-0.4, -0.2) is 43.9 Å². The van der Waals surface area contributed by atoms with Gasteiger partial charge in [-0.25, -0.2) is 4.98 Å². The number of aromatic nitrogens is 1. The lowest BCUT2D eigenvalue weighted by atomic mass is 10.2. The maximum Gasteiger partial charge on any atom is 0.185 e. The Morgan fingerprint density at radius 2 is 2.53 bits per heavy atom. The highest BCUT2D eigenvalue weighted by Crippen LogP contribution is 2.23. The fourth-order valence-electron chi connectivity index (χ4n) is 1.99. The van der Waals surface area contributed by atoms with Crippen molar-refractivity contribution in [2.75, 3.05) is 37.7 Å². The number of rotatable bonds is 5. The summed E-state index contributed by atoms with van der Waals surface area (Å²) in [5.74, 6) is 0. The molecule has 1 atom stereocenters.